The second-order valence-electron chi connectivity index (χ2n) is 4.38. The second kappa shape index (κ2) is 8.27. The van der Waals surface area contributed by atoms with Gasteiger partial charge in [0.2, 0.25) is 0 Å². The van der Waals surface area contributed by atoms with Gasteiger partial charge in [-0.1, -0.05) is 35.9 Å². The first-order chi connectivity index (χ1) is 8.58. The molecule has 0 fully saturated rings. The molecule has 1 aromatic carbocycles. The molecular weight excluding hydrogens is 250 g/mol. The van der Waals surface area contributed by atoms with E-state index in [1.165, 1.54) is 0 Å². The van der Waals surface area contributed by atoms with Crippen molar-refractivity contribution in [2.45, 2.75) is 19.6 Å². The molecule has 1 rings (SSSR count). The van der Waals surface area contributed by atoms with E-state index in [9.17, 15) is 5.11 Å². The van der Waals surface area contributed by atoms with Crippen LogP contribution in [0.3, 0.4) is 0 Å². The minimum absolute atomic E-state index is 0.311. The zero-order chi connectivity index (χ0) is 13.4. The average molecular weight is 270 g/mol. The number of hydrogen-bond donors (Lipinski definition) is 2. The molecule has 0 saturated heterocycles. The van der Waals surface area contributed by atoms with Gasteiger partial charge >= 0.3 is 0 Å². The van der Waals surface area contributed by atoms with Gasteiger partial charge in [-0.25, -0.2) is 0 Å². The minimum atomic E-state index is -0.503. The average Bonchev–Trinajstić information content (AvgIpc) is 2.31. The maximum atomic E-state index is 9.65. The van der Waals surface area contributed by atoms with Gasteiger partial charge in [-0.2, -0.15) is 0 Å². The molecule has 0 radical (unpaired) electrons. The lowest BCUT2D eigenvalue weighted by Gasteiger charge is -2.12. The molecule has 0 saturated carbocycles. The SMILES string of the molecule is C=C(C)CNCC(O)COCc1ccc(Cl)cc1. The summed E-state index contributed by atoms with van der Waals surface area (Å²) in [6.07, 6.45) is -0.503. The zero-order valence-corrected chi connectivity index (χ0v) is 11.4. The van der Waals surface area contributed by atoms with Gasteiger partial charge in [-0.15, -0.1) is 0 Å². The molecule has 1 aromatic rings. The Labute approximate surface area is 113 Å². The molecule has 18 heavy (non-hydrogen) atoms. The lowest BCUT2D eigenvalue weighted by Crippen LogP contribution is -2.31. The van der Waals surface area contributed by atoms with Crippen molar-refractivity contribution in [3.8, 4) is 0 Å². The summed E-state index contributed by atoms with van der Waals surface area (Å²) in [5.41, 5.74) is 2.09. The van der Waals surface area contributed by atoms with E-state index in [4.69, 9.17) is 16.3 Å². The highest BCUT2D eigenvalue weighted by Crippen LogP contribution is 2.10. The van der Waals surface area contributed by atoms with Crippen LogP contribution in [0.25, 0.3) is 0 Å². The number of benzene rings is 1. The van der Waals surface area contributed by atoms with Gasteiger partial charge in [-0.3, -0.25) is 0 Å². The van der Waals surface area contributed by atoms with Crippen LogP contribution >= 0.6 is 11.6 Å². The smallest absolute Gasteiger partial charge is 0.0897 e. The van der Waals surface area contributed by atoms with Crippen LogP contribution in [0.15, 0.2) is 36.4 Å². The second-order valence-corrected chi connectivity index (χ2v) is 4.82. The molecule has 0 heterocycles. The molecule has 0 amide bonds. The van der Waals surface area contributed by atoms with Gasteiger partial charge in [0.05, 0.1) is 19.3 Å². The van der Waals surface area contributed by atoms with Crippen LogP contribution in [0.5, 0.6) is 0 Å². The van der Waals surface area contributed by atoms with E-state index in [1.54, 1.807) is 0 Å². The van der Waals surface area contributed by atoms with Crippen LogP contribution in [-0.2, 0) is 11.3 Å². The molecule has 100 valence electrons. The van der Waals surface area contributed by atoms with Crippen LogP contribution < -0.4 is 5.32 Å². The predicted molar refractivity (Wildman–Crippen MR) is 74.8 cm³/mol. The van der Waals surface area contributed by atoms with Gasteiger partial charge in [0.25, 0.3) is 0 Å². The first kappa shape index (κ1) is 15.2. The van der Waals surface area contributed by atoms with Crippen molar-refractivity contribution >= 4 is 11.6 Å². The van der Waals surface area contributed by atoms with E-state index in [0.29, 0.717) is 31.3 Å². The maximum Gasteiger partial charge on any atom is 0.0897 e. The first-order valence-electron chi connectivity index (χ1n) is 5.93. The fraction of sp³-hybridized carbons (Fsp3) is 0.429. The number of nitrogens with one attached hydrogen (secondary N) is 1. The maximum absolute atomic E-state index is 9.65. The molecule has 1 unspecified atom stereocenters. The van der Waals surface area contributed by atoms with Gasteiger partial charge in [0.15, 0.2) is 0 Å². The highest BCUT2D eigenvalue weighted by molar-refractivity contribution is 6.30. The summed E-state index contributed by atoms with van der Waals surface area (Å²) >= 11 is 5.78. The molecule has 0 aromatic heterocycles. The van der Waals surface area contributed by atoms with Crippen molar-refractivity contribution in [3.05, 3.63) is 47.0 Å². The summed E-state index contributed by atoms with van der Waals surface area (Å²) in [6, 6.07) is 7.47. The van der Waals surface area contributed by atoms with E-state index in [1.807, 2.05) is 31.2 Å². The van der Waals surface area contributed by atoms with Gasteiger partial charge in [0, 0.05) is 18.1 Å². The van der Waals surface area contributed by atoms with Crippen LogP contribution in [0, 0.1) is 0 Å². The molecule has 0 aliphatic carbocycles. The van der Waals surface area contributed by atoms with E-state index in [0.717, 1.165) is 11.1 Å². The topological polar surface area (TPSA) is 41.5 Å². The van der Waals surface area contributed by atoms with E-state index >= 15 is 0 Å². The molecule has 0 spiro atoms. The lowest BCUT2D eigenvalue weighted by atomic mass is 10.2. The van der Waals surface area contributed by atoms with Crippen LogP contribution in [0.2, 0.25) is 5.02 Å². The van der Waals surface area contributed by atoms with Crippen molar-refractivity contribution in [2.75, 3.05) is 19.7 Å². The third-order valence-corrected chi connectivity index (χ3v) is 2.55. The Balaban J connectivity index is 2.13. The Bertz CT molecular complexity index is 365. The molecule has 1 atom stereocenters. The van der Waals surface area contributed by atoms with E-state index in [-0.39, 0.29) is 0 Å². The molecule has 3 nitrogen and oxygen atoms in total. The lowest BCUT2D eigenvalue weighted by molar-refractivity contribution is 0.0292. The summed E-state index contributed by atoms with van der Waals surface area (Å²) in [6.45, 7) is 7.73. The van der Waals surface area contributed by atoms with Crippen molar-refractivity contribution in [3.63, 3.8) is 0 Å². The molecule has 2 N–H and O–H groups in total. The van der Waals surface area contributed by atoms with E-state index < -0.39 is 6.10 Å². The Hall–Kier alpha value is -0.870. The van der Waals surface area contributed by atoms with Crippen LogP contribution in [0.1, 0.15) is 12.5 Å². The molecule has 0 aliphatic rings. The summed E-state index contributed by atoms with van der Waals surface area (Å²) < 4.78 is 5.42. The quantitative estimate of drug-likeness (QED) is 0.712. The highest BCUT2D eigenvalue weighted by Gasteiger charge is 2.03. The summed E-state index contributed by atoms with van der Waals surface area (Å²) in [5.74, 6) is 0. The largest absolute Gasteiger partial charge is 0.389 e. The first-order valence-corrected chi connectivity index (χ1v) is 6.31. The fourth-order valence-corrected chi connectivity index (χ4v) is 1.53. The van der Waals surface area contributed by atoms with E-state index in [2.05, 4.69) is 11.9 Å². The summed E-state index contributed by atoms with van der Waals surface area (Å²) in [4.78, 5) is 0. The third kappa shape index (κ3) is 6.77. The third-order valence-electron chi connectivity index (χ3n) is 2.30. The number of aliphatic hydroxyl groups excluding tert-OH is 1. The van der Waals surface area contributed by atoms with Crippen molar-refractivity contribution in [2.24, 2.45) is 0 Å². The van der Waals surface area contributed by atoms with Gasteiger partial charge in [0.1, 0.15) is 0 Å². The Morgan fingerprint density at radius 2 is 2.11 bits per heavy atom. The van der Waals surface area contributed by atoms with Crippen molar-refractivity contribution in [1.82, 2.24) is 5.32 Å². The fourth-order valence-electron chi connectivity index (χ4n) is 1.40. The van der Waals surface area contributed by atoms with Crippen LogP contribution in [-0.4, -0.2) is 30.9 Å². The zero-order valence-electron chi connectivity index (χ0n) is 10.7. The number of halogens is 1. The molecule has 0 bridgehead atoms. The number of aliphatic hydroxyl groups is 1. The number of ether oxygens (including phenoxy) is 1. The molecular formula is C14H20ClNO2. The number of hydrogen-bond acceptors (Lipinski definition) is 3. The van der Waals surface area contributed by atoms with Gasteiger partial charge in [-0.05, 0) is 24.6 Å². The van der Waals surface area contributed by atoms with Crippen molar-refractivity contribution in [1.29, 1.82) is 0 Å². The standard InChI is InChI=1S/C14H20ClNO2/c1-11(2)7-16-8-14(17)10-18-9-12-3-5-13(15)6-4-12/h3-6,14,16-17H,1,7-10H2,2H3. The monoisotopic (exact) mass is 269 g/mol. The predicted octanol–water partition coefficient (Wildman–Crippen LogP) is 2.38. The number of rotatable bonds is 8. The highest BCUT2D eigenvalue weighted by atomic mass is 35.5. The Morgan fingerprint density at radius 1 is 1.44 bits per heavy atom. The molecule has 0 aliphatic heterocycles. The minimum Gasteiger partial charge on any atom is -0.389 e. The van der Waals surface area contributed by atoms with Gasteiger partial charge < -0.3 is 15.2 Å². The van der Waals surface area contributed by atoms with Crippen LogP contribution in [0.4, 0.5) is 0 Å². The Kier molecular flexibility index (Phi) is 6.98. The summed E-state index contributed by atoms with van der Waals surface area (Å²) in [7, 11) is 0. The Morgan fingerprint density at radius 3 is 2.72 bits per heavy atom. The summed E-state index contributed by atoms with van der Waals surface area (Å²) in [5, 5.41) is 13.5. The molecule has 4 heteroatoms. The van der Waals surface area contributed by atoms with Crippen molar-refractivity contribution < 1.29 is 9.84 Å². The normalized spacial score (nSPS) is 12.4.